The Morgan fingerprint density at radius 3 is 3.14 bits per heavy atom. The summed E-state index contributed by atoms with van der Waals surface area (Å²) >= 11 is 6.02. The molecule has 1 atom stereocenters. The van der Waals surface area contributed by atoms with Crippen molar-refractivity contribution < 1.29 is 0 Å². The molecule has 1 aromatic heterocycles. The maximum atomic E-state index is 6.02. The number of nitrogens with one attached hydrogen (secondary N) is 2. The fourth-order valence-electron chi connectivity index (χ4n) is 1.73. The van der Waals surface area contributed by atoms with Gasteiger partial charge in [0.05, 0.1) is 10.7 Å². The zero-order valence-corrected chi connectivity index (χ0v) is 8.93. The molecule has 4 heteroatoms. The number of hydrogen-bond donors (Lipinski definition) is 2. The Kier molecular flexibility index (Phi) is 2.61. The predicted octanol–water partition coefficient (Wildman–Crippen LogP) is 1.90. The number of rotatable bonds is 2. The van der Waals surface area contributed by atoms with E-state index in [4.69, 9.17) is 11.6 Å². The monoisotopic (exact) mass is 211 g/mol. The minimum Gasteiger partial charge on any atom is -0.377 e. The highest BCUT2D eigenvalue weighted by molar-refractivity contribution is 6.33. The van der Waals surface area contributed by atoms with Gasteiger partial charge in [-0.3, -0.25) is 4.98 Å². The number of nitrogens with zero attached hydrogens (tertiary/aromatic N) is 1. The molecule has 14 heavy (non-hydrogen) atoms. The van der Waals surface area contributed by atoms with E-state index in [-0.39, 0.29) is 5.54 Å². The molecule has 2 rings (SSSR count). The third-order valence-electron chi connectivity index (χ3n) is 2.58. The summed E-state index contributed by atoms with van der Waals surface area (Å²) in [6, 6.07) is 1.91. The van der Waals surface area contributed by atoms with E-state index in [0.29, 0.717) is 5.02 Å². The SMILES string of the molecule is CC1(Nc2ccncc2Cl)CCNC1. The van der Waals surface area contributed by atoms with Crippen LogP contribution in [0, 0.1) is 0 Å². The molecular formula is C10H14ClN3. The Bertz CT molecular complexity index is 321. The highest BCUT2D eigenvalue weighted by Crippen LogP contribution is 2.26. The summed E-state index contributed by atoms with van der Waals surface area (Å²) in [6.45, 7) is 4.24. The molecule has 0 amide bonds. The van der Waals surface area contributed by atoms with Gasteiger partial charge in [0, 0.05) is 24.5 Å². The fourth-order valence-corrected chi connectivity index (χ4v) is 1.89. The third-order valence-corrected chi connectivity index (χ3v) is 2.88. The molecule has 2 heterocycles. The van der Waals surface area contributed by atoms with Gasteiger partial charge in [-0.2, -0.15) is 0 Å². The molecule has 1 saturated heterocycles. The first-order valence-electron chi connectivity index (χ1n) is 4.78. The first kappa shape index (κ1) is 9.74. The predicted molar refractivity (Wildman–Crippen MR) is 58.8 cm³/mol. The molecule has 1 unspecified atom stereocenters. The molecule has 76 valence electrons. The lowest BCUT2D eigenvalue weighted by Gasteiger charge is -2.26. The van der Waals surface area contributed by atoms with Gasteiger partial charge in [0.2, 0.25) is 0 Å². The average molecular weight is 212 g/mol. The topological polar surface area (TPSA) is 37.0 Å². The summed E-state index contributed by atoms with van der Waals surface area (Å²) < 4.78 is 0. The number of halogens is 1. The Morgan fingerprint density at radius 1 is 1.64 bits per heavy atom. The van der Waals surface area contributed by atoms with Gasteiger partial charge in [-0.1, -0.05) is 11.6 Å². The van der Waals surface area contributed by atoms with Crippen molar-refractivity contribution >= 4 is 17.3 Å². The van der Waals surface area contributed by atoms with Crippen LogP contribution in [0.25, 0.3) is 0 Å². The second-order valence-corrected chi connectivity index (χ2v) is 4.38. The maximum Gasteiger partial charge on any atom is 0.0820 e. The Labute approximate surface area is 88.9 Å². The third kappa shape index (κ3) is 1.99. The Morgan fingerprint density at radius 2 is 2.50 bits per heavy atom. The van der Waals surface area contributed by atoms with Gasteiger partial charge in [-0.15, -0.1) is 0 Å². The van der Waals surface area contributed by atoms with Gasteiger partial charge >= 0.3 is 0 Å². The van der Waals surface area contributed by atoms with Crippen LogP contribution in [-0.4, -0.2) is 23.6 Å². The molecule has 0 aromatic carbocycles. The number of anilines is 1. The van der Waals surface area contributed by atoms with Crippen LogP contribution in [-0.2, 0) is 0 Å². The number of aromatic nitrogens is 1. The quantitative estimate of drug-likeness (QED) is 0.785. The molecule has 0 saturated carbocycles. The molecule has 3 nitrogen and oxygen atoms in total. The molecule has 1 aromatic rings. The minimum atomic E-state index is 0.116. The molecule has 1 aliphatic rings. The molecule has 0 aliphatic carbocycles. The Hall–Kier alpha value is -0.800. The highest BCUT2D eigenvalue weighted by atomic mass is 35.5. The molecule has 1 aliphatic heterocycles. The van der Waals surface area contributed by atoms with Crippen molar-refractivity contribution in [1.82, 2.24) is 10.3 Å². The van der Waals surface area contributed by atoms with Crippen LogP contribution in [0.15, 0.2) is 18.5 Å². The van der Waals surface area contributed by atoms with Gasteiger partial charge in [0.15, 0.2) is 0 Å². The summed E-state index contributed by atoms with van der Waals surface area (Å²) in [7, 11) is 0. The van der Waals surface area contributed by atoms with Crippen LogP contribution >= 0.6 is 11.6 Å². The normalized spacial score (nSPS) is 26.4. The van der Waals surface area contributed by atoms with Crippen LogP contribution in [0.4, 0.5) is 5.69 Å². The molecular weight excluding hydrogens is 198 g/mol. The van der Waals surface area contributed by atoms with Crippen LogP contribution in [0.2, 0.25) is 5.02 Å². The van der Waals surface area contributed by atoms with Crippen molar-refractivity contribution in [3.05, 3.63) is 23.5 Å². The average Bonchev–Trinajstić information content (AvgIpc) is 2.57. The van der Waals surface area contributed by atoms with Crippen molar-refractivity contribution in [2.24, 2.45) is 0 Å². The van der Waals surface area contributed by atoms with Crippen molar-refractivity contribution in [3.63, 3.8) is 0 Å². The van der Waals surface area contributed by atoms with Crippen molar-refractivity contribution in [1.29, 1.82) is 0 Å². The second kappa shape index (κ2) is 3.75. The van der Waals surface area contributed by atoms with E-state index >= 15 is 0 Å². The minimum absolute atomic E-state index is 0.116. The van der Waals surface area contributed by atoms with E-state index in [1.165, 1.54) is 0 Å². The van der Waals surface area contributed by atoms with E-state index < -0.39 is 0 Å². The lowest BCUT2D eigenvalue weighted by atomic mass is 10.0. The molecule has 2 N–H and O–H groups in total. The summed E-state index contributed by atoms with van der Waals surface area (Å²) in [4.78, 5) is 3.95. The molecule has 0 radical (unpaired) electrons. The zero-order chi connectivity index (χ0) is 10.0. The van der Waals surface area contributed by atoms with Crippen LogP contribution in [0.3, 0.4) is 0 Å². The number of hydrogen-bond acceptors (Lipinski definition) is 3. The van der Waals surface area contributed by atoms with Crippen LogP contribution in [0.1, 0.15) is 13.3 Å². The van der Waals surface area contributed by atoms with Crippen molar-refractivity contribution in [2.75, 3.05) is 18.4 Å². The first-order valence-corrected chi connectivity index (χ1v) is 5.16. The maximum absolute atomic E-state index is 6.02. The van der Waals surface area contributed by atoms with Crippen molar-refractivity contribution in [3.8, 4) is 0 Å². The smallest absolute Gasteiger partial charge is 0.0820 e. The standard InChI is InChI=1S/C10H14ClN3/c1-10(3-5-13-7-10)14-9-2-4-12-6-8(9)11/h2,4,6,13H,3,5,7H2,1H3,(H,12,14). The van der Waals surface area contributed by atoms with E-state index in [9.17, 15) is 0 Å². The Balaban J connectivity index is 2.14. The van der Waals surface area contributed by atoms with Crippen LogP contribution in [0.5, 0.6) is 0 Å². The molecule has 1 fully saturated rings. The van der Waals surface area contributed by atoms with Crippen LogP contribution < -0.4 is 10.6 Å². The summed E-state index contributed by atoms with van der Waals surface area (Å²) in [6.07, 6.45) is 4.53. The van der Waals surface area contributed by atoms with E-state index in [1.807, 2.05) is 6.07 Å². The van der Waals surface area contributed by atoms with E-state index in [1.54, 1.807) is 12.4 Å². The highest BCUT2D eigenvalue weighted by Gasteiger charge is 2.28. The van der Waals surface area contributed by atoms with E-state index in [2.05, 4.69) is 22.5 Å². The molecule has 0 bridgehead atoms. The van der Waals surface area contributed by atoms with Gasteiger partial charge in [0.1, 0.15) is 0 Å². The molecule has 0 spiro atoms. The summed E-state index contributed by atoms with van der Waals surface area (Å²) in [5.41, 5.74) is 1.08. The second-order valence-electron chi connectivity index (χ2n) is 3.97. The number of pyridine rings is 1. The lowest BCUT2D eigenvalue weighted by molar-refractivity contribution is 0.567. The van der Waals surface area contributed by atoms with Gasteiger partial charge in [0.25, 0.3) is 0 Å². The first-order chi connectivity index (χ1) is 6.70. The van der Waals surface area contributed by atoms with Gasteiger partial charge < -0.3 is 10.6 Å². The van der Waals surface area contributed by atoms with E-state index in [0.717, 1.165) is 25.2 Å². The fraction of sp³-hybridized carbons (Fsp3) is 0.500. The van der Waals surface area contributed by atoms with Gasteiger partial charge in [-0.05, 0) is 26.0 Å². The van der Waals surface area contributed by atoms with Gasteiger partial charge in [-0.25, -0.2) is 0 Å². The van der Waals surface area contributed by atoms with Crippen molar-refractivity contribution in [2.45, 2.75) is 18.9 Å². The summed E-state index contributed by atoms with van der Waals surface area (Å²) in [5.74, 6) is 0. The zero-order valence-electron chi connectivity index (χ0n) is 8.18. The largest absolute Gasteiger partial charge is 0.377 e. The lowest BCUT2D eigenvalue weighted by Crippen LogP contribution is -2.36. The summed E-state index contributed by atoms with van der Waals surface area (Å²) in [5, 5.41) is 7.46.